The van der Waals surface area contributed by atoms with Gasteiger partial charge in [-0.2, -0.15) is 0 Å². The van der Waals surface area contributed by atoms with Crippen molar-refractivity contribution in [1.29, 1.82) is 0 Å². The third-order valence-corrected chi connectivity index (χ3v) is 2.66. The molecule has 12 heavy (non-hydrogen) atoms. The highest BCUT2D eigenvalue weighted by atomic mass is 17.2. The molecule has 1 N–H and O–H groups in total. The molecule has 0 atom stereocenters. The molecule has 1 radical (unpaired) electrons. The third-order valence-electron chi connectivity index (χ3n) is 2.66. The molecule has 2 fully saturated rings. The van der Waals surface area contributed by atoms with E-state index in [1.54, 1.807) is 0 Å². The molecule has 2 aliphatic rings. The summed E-state index contributed by atoms with van der Waals surface area (Å²) in [7, 11) is 0. The standard InChI is InChI=1S/C9H16NO2/c1-3-9(5-8-11-12-9)4-2-7-10-6-1/h5,10H,1-4,6-8H2. The topological polar surface area (TPSA) is 30.5 Å². The van der Waals surface area contributed by atoms with Gasteiger partial charge in [-0.3, -0.25) is 0 Å². The van der Waals surface area contributed by atoms with E-state index in [1.165, 1.54) is 12.8 Å². The molecule has 3 nitrogen and oxygen atoms in total. The lowest BCUT2D eigenvalue weighted by molar-refractivity contribution is -0.310. The first-order chi connectivity index (χ1) is 5.91. The fourth-order valence-electron chi connectivity index (χ4n) is 1.93. The Morgan fingerprint density at radius 1 is 1.17 bits per heavy atom. The van der Waals surface area contributed by atoms with Gasteiger partial charge in [0.25, 0.3) is 0 Å². The second-order valence-corrected chi connectivity index (χ2v) is 3.59. The van der Waals surface area contributed by atoms with Gasteiger partial charge in [0.05, 0.1) is 6.61 Å². The molecule has 2 aliphatic heterocycles. The van der Waals surface area contributed by atoms with Crippen LogP contribution in [0.25, 0.3) is 0 Å². The van der Waals surface area contributed by atoms with E-state index >= 15 is 0 Å². The normalized spacial score (nSPS) is 30.0. The lowest BCUT2D eigenvalue weighted by Gasteiger charge is -2.27. The molecule has 0 amide bonds. The van der Waals surface area contributed by atoms with Crippen LogP contribution in [0.4, 0.5) is 0 Å². The van der Waals surface area contributed by atoms with Gasteiger partial charge in [0.1, 0.15) is 5.60 Å². The minimum Gasteiger partial charge on any atom is -0.317 e. The van der Waals surface area contributed by atoms with E-state index in [-0.39, 0.29) is 5.60 Å². The van der Waals surface area contributed by atoms with E-state index in [0.717, 1.165) is 25.9 Å². The van der Waals surface area contributed by atoms with Crippen LogP contribution in [-0.4, -0.2) is 25.3 Å². The van der Waals surface area contributed by atoms with Gasteiger partial charge < -0.3 is 5.32 Å². The molecule has 2 heterocycles. The van der Waals surface area contributed by atoms with Crippen molar-refractivity contribution in [2.24, 2.45) is 0 Å². The van der Waals surface area contributed by atoms with Gasteiger partial charge in [0.2, 0.25) is 0 Å². The van der Waals surface area contributed by atoms with Crippen LogP contribution in [-0.2, 0) is 9.78 Å². The maximum absolute atomic E-state index is 5.33. The van der Waals surface area contributed by atoms with Crippen molar-refractivity contribution in [2.75, 3.05) is 19.7 Å². The Morgan fingerprint density at radius 2 is 1.92 bits per heavy atom. The summed E-state index contributed by atoms with van der Waals surface area (Å²) >= 11 is 0. The van der Waals surface area contributed by atoms with Gasteiger partial charge in [-0.05, 0) is 38.8 Å². The zero-order valence-corrected chi connectivity index (χ0v) is 7.34. The summed E-state index contributed by atoms with van der Waals surface area (Å²) in [6.45, 7) is 2.88. The van der Waals surface area contributed by atoms with E-state index in [1.807, 2.05) is 0 Å². The Labute approximate surface area is 73.4 Å². The van der Waals surface area contributed by atoms with E-state index in [9.17, 15) is 0 Å². The number of hydrogen-bond acceptors (Lipinski definition) is 3. The van der Waals surface area contributed by atoms with Crippen molar-refractivity contribution in [1.82, 2.24) is 5.32 Å². The van der Waals surface area contributed by atoms with Gasteiger partial charge >= 0.3 is 0 Å². The van der Waals surface area contributed by atoms with Crippen molar-refractivity contribution < 1.29 is 9.78 Å². The zero-order chi connectivity index (χ0) is 8.28. The molecular weight excluding hydrogens is 154 g/mol. The summed E-state index contributed by atoms with van der Waals surface area (Å²) < 4.78 is 0. The SMILES string of the molecule is [CH]1COOC12CCCNCCC2. The summed E-state index contributed by atoms with van der Waals surface area (Å²) in [5, 5.41) is 3.38. The van der Waals surface area contributed by atoms with Crippen molar-refractivity contribution in [3.63, 3.8) is 0 Å². The predicted molar refractivity (Wildman–Crippen MR) is 45.4 cm³/mol. The average molecular weight is 170 g/mol. The first-order valence-electron chi connectivity index (χ1n) is 4.77. The van der Waals surface area contributed by atoms with Crippen molar-refractivity contribution in [3.05, 3.63) is 6.42 Å². The minimum atomic E-state index is -0.0396. The maximum Gasteiger partial charge on any atom is 0.109 e. The summed E-state index contributed by atoms with van der Waals surface area (Å²) in [6, 6.07) is 0. The van der Waals surface area contributed by atoms with Crippen LogP contribution in [0, 0.1) is 6.42 Å². The molecule has 0 aromatic rings. The Kier molecular flexibility index (Phi) is 2.63. The molecule has 69 valence electrons. The smallest absolute Gasteiger partial charge is 0.109 e. The lowest BCUT2D eigenvalue weighted by Crippen LogP contribution is -2.33. The highest BCUT2D eigenvalue weighted by molar-refractivity contribution is 4.97. The molecule has 0 aliphatic carbocycles. The first kappa shape index (κ1) is 8.48. The first-order valence-corrected chi connectivity index (χ1v) is 4.77. The molecule has 0 bridgehead atoms. The average Bonchev–Trinajstić information content (AvgIpc) is 2.47. The monoisotopic (exact) mass is 170 g/mol. The van der Waals surface area contributed by atoms with E-state index in [2.05, 4.69) is 11.7 Å². The number of rotatable bonds is 0. The predicted octanol–water partition coefficient (Wildman–Crippen LogP) is 1.05. The lowest BCUT2D eigenvalue weighted by atomic mass is 9.88. The van der Waals surface area contributed by atoms with Crippen LogP contribution in [0.1, 0.15) is 25.7 Å². The van der Waals surface area contributed by atoms with E-state index in [0.29, 0.717) is 6.61 Å². The second-order valence-electron chi connectivity index (χ2n) is 3.59. The fourth-order valence-corrected chi connectivity index (χ4v) is 1.93. The minimum absolute atomic E-state index is 0.0396. The summed E-state index contributed by atoms with van der Waals surface area (Å²) in [5.74, 6) is 0. The molecule has 1 spiro atoms. The Morgan fingerprint density at radius 3 is 2.50 bits per heavy atom. The second kappa shape index (κ2) is 3.73. The van der Waals surface area contributed by atoms with Crippen molar-refractivity contribution >= 4 is 0 Å². The summed E-state index contributed by atoms with van der Waals surface area (Å²) in [5.41, 5.74) is -0.0396. The van der Waals surface area contributed by atoms with E-state index < -0.39 is 0 Å². The Bertz CT molecular complexity index is 133. The van der Waals surface area contributed by atoms with Gasteiger partial charge in [-0.1, -0.05) is 0 Å². The van der Waals surface area contributed by atoms with Crippen LogP contribution >= 0.6 is 0 Å². The highest BCUT2D eigenvalue weighted by Gasteiger charge is 2.36. The zero-order valence-electron chi connectivity index (χ0n) is 7.34. The molecule has 0 saturated carbocycles. The molecule has 2 saturated heterocycles. The van der Waals surface area contributed by atoms with Crippen LogP contribution in [0.5, 0.6) is 0 Å². The quantitative estimate of drug-likeness (QED) is 0.551. The Hall–Kier alpha value is -0.120. The van der Waals surface area contributed by atoms with Gasteiger partial charge in [-0.15, -0.1) is 0 Å². The van der Waals surface area contributed by atoms with Gasteiger partial charge in [0.15, 0.2) is 0 Å². The van der Waals surface area contributed by atoms with Gasteiger partial charge in [0, 0.05) is 6.42 Å². The van der Waals surface area contributed by atoms with Crippen LogP contribution in [0.15, 0.2) is 0 Å². The van der Waals surface area contributed by atoms with Crippen LogP contribution in [0.2, 0.25) is 0 Å². The van der Waals surface area contributed by atoms with E-state index in [4.69, 9.17) is 9.78 Å². The highest BCUT2D eigenvalue weighted by Crippen LogP contribution is 2.32. The molecule has 2 rings (SSSR count). The van der Waals surface area contributed by atoms with Crippen molar-refractivity contribution in [3.8, 4) is 0 Å². The van der Waals surface area contributed by atoms with Gasteiger partial charge in [-0.25, -0.2) is 9.78 Å². The third kappa shape index (κ3) is 1.79. The number of nitrogens with one attached hydrogen (secondary N) is 1. The molecule has 0 aromatic heterocycles. The van der Waals surface area contributed by atoms with Crippen LogP contribution < -0.4 is 5.32 Å². The summed E-state index contributed by atoms with van der Waals surface area (Å²) in [6.07, 6.45) is 6.73. The largest absolute Gasteiger partial charge is 0.317 e. The molecule has 0 aromatic carbocycles. The molecular formula is C9H16NO2. The number of hydrogen-bond donors (Lipinski definition) is 1. The summed E-state index contributed by atoms with van der Waals surface area (Å²) in [4.78, 5) is 10.3. The maximum atomic E-state index is 5.33. The molecule has 0 unspecified atom stereocenters. The Balaban J connectivity index is 1.92. The van der Waals surface area contributed by atoms with Crippen molar-refractivity contribution in [2.45, 2.75) is 31.3 Å². The fraction of sp³-hybridized carbons (Fsp3) is 0.889. The molecule has 3 heteroatoms. The van der Waals surface area contributed by atoms with Crippen LogP contribution in [0.3, 0.4) is 0 Å².